The van der Waals surface area contributed by atoms with Crippen molar-refractivity contribution in [2.24, 2.45) is 0 Å². The maximum atomic E-state index is 4.69. The van der Waals surface area contributed by atoms with Gasteiger partial charge in [-0.05, 0) is 31.0 Å². The molecule has 0 radical (unpaired) electrons. The molecule has 1 aliphatic rings. The molecule has 106 valence electrons. The van der Waals surface area contributed by atoms with Crippen LogP contribution in [0.5, 0.6) is 0 Å². The second-order valence-corrected chi connectivity index (χ2v) is 6.57. The highest BCUT2D eigenvalue weighted by molar-refractivity contribution is 9.10. The normalized spacial score (nSPS) is 21.8. The molecule has 0 saturated carbocycles. The smallest absolute Gasteiger partial charge is 0.0955 e. The zero-order valence-corrected chi connectivity index (χ0v) is 13.6. The lowest BCUT2D eigenvalue weighted by Gasteiger charge is -2.33. The number of benzene rings is 1. The number of aromatic nitrogens is 2. The number of hydrogen-bond acceptors (Lipinski definition) is 2. The number of rotatable bonds is 3. The largest absolute Gasteiger partial charge is 0.330 e. The second kappa shape index (κ2) is 5.34. The predicted octanol–water partition coefficient (Wildman–Crippen LogP) is 3.46. The van der Waals surface area contributed by atoms with Crippen molar-refractivity contribution in [3.8, 4) is 0 Å². The fraction of sp³-hybridized carbons (Fsp3) is 0.438. The van der Waals surface area contributed by atoms with Crippen LogP contribution in [0.2, 0.25) is 0 Å². The third kappa shape index (κ3) is 2.42. The summed E-state index contributed by atoms with van der Waals surface area (Å²) >= 11 is 3.48. The summed E-state index contributed by atoms with van der Waals surface area (Å²) in [5.41, 5.74) is 3.95. The molecule has 20 heavy (non-hydrogen) atoms. The minimum Gasteiger partial charge on any atom is -0.330 e. The van der Waals surface area contributed by atoms with Crippen molar-refractivity contribution in [3.63, 3.8) is 0 Å². The highest BCUT2D eigenvalue weighted by Crippen LogP contribution is 2.30. The van der Waals surface area contributed by atoms with Gasteiger partial charge in [0.15, 0.2) is 0 Å². The van der Waals surface area contributed by atoms with E-state index in [9.17, 15) is 0 Å². The molecule has 0 amide bonds. The minimum atomic E-state index is 0.0263. The van der Waals surface area contributed by atoms with E-state index in [1.165, 1.54) is 17.0 Å². The second-order valence-electron chi connectivity index (χ2n) is 5.66. The molecule has 1 atom stereocenters. The molecule has 3 nitrogen and oxygen atoms in total. The topological polar surface area (TPSA) is 29.9 Å². The molecule has 2 aromatic rings. The van der Waals surface area contributed by atoms with Crippen molar-refractivity contribution in [1.82, 2.24) is 14.9 Å². The molecular formula is C16H20BrN3. The van der Waals surface area contributed by atoms with Gasteiger partial charge in [0.1, 0.15) is 0 Å². The van der Waals surface area contributed by atoms with Gasteiger partial charge >= 0.3 is 0 Å². The van der Waals surface area contributed by atoms with Gasteiger partial charge in [-0.1, -0.05) is 35.0 Å². The summed E-state index contributed by atoms with van der Waals surface area (Å²) in [5, 5.41) is 3.60. The average molecular weight is 334 g/mol. The van der Waals surface area contributed by atoms with Crippen LogP contribution >= 0.6 is 15.9 Å². The molecule has 1 unspecified atom stereocenters. The van der Waals surface area contributed by atoms with Gasteiger partial charge in [-0.25, -0.2) is 4.98 Å². The number of hydrogen-bond donors (Lipinski definition) is 1. The summed E-state index contributed by atoms with van der Waals surface area (Å²) in [5.74, 6) is 0. The summed E-state index contributed by atoms with van der Waals surface area (Å²) in [6.07, 6.45) is 4.12. The first kappa shape index (κ1) is 13.8. The Morgan fingerprint density at radius 1 is 1.35 bits per heavy atom. The maximum absolute atomic E-state index is 4.69. The predicted molar refractivity (Wildman–Crippen MR) is 84.8 cm³/mol. The highest BCUT2D eigenvalue weighted by Gasteiger charge is 2.33. The van der Waals surface area contributed by atoms with Crippen molar-refractivity contribution in [1.29, 1.82) is 0 Å². The van der Waals surface area contributed by atoms with Crippen molar-refractivity contribution in [2.75, 3.05) is 6.54 Å². The Morgan fingerprint density at radius 2 is 2.10 bits per heavy atom. The van der Waals surface area contributed by atoms with Crippen LogP contribution in [0.15, 0.2) is 35.1 Å². The highest BCUT2D eigenvalue weighted by atomic mass is 79.9. The van der Waals surface area contributed by atoms with Crippen LogP contribution in [0.4, 0.5) is 0 Å². The van der Waals surface area contributed by atoms with E-state index in [0.717, 1.165) is 30.4 Å². The van der Waals surface area contributed by atoms with Gasteiger partial charge in [-0.15, -0.1) is 0 Å². The van der Waals surface area contributed by atoms with Crippen LogP contribution in [0, 0.1) is 0 Å². The molecule has 0 fully saturated rings. The fourth-order valence-electron chi connectivity index (χ4n) is 2.89. The molecular weight excluding hydrogens is 314 g/mol. The van der Waals surface area contributed by atoms with Crippen molar-refractivity contribution < 1.29 is 0 Å². The molecule has 4 heteroatoms. The fourth-order valence-corrected chi connectivity index (χ4v) is 3.15. The van der Waals surface area contributed by atoms with Gasteiger partial charge in [0.2, 0.25) is 0 Å². The molecule has 3 rings (SSSR count). The molecule has 1 aromatic carbocycles. The quantitative estimate of drug-likeness (QED) is 0.932. The Labute approximate surface area is 128 Å². The molecule has 2 heterocycles. The van der Waals surface area contributed by atoms with E-state index in [1.54, 1.807) is 0 Å². The monoisotopic (exact) mass is 333 g/mol. The Bertz CT molecular complexity index is 603. The van der Waals surface area contributed by atoms with Crippen LogP contribution < -0.4 is 5.32 Å². The van der Waals surface area contributed by atoms with Crippen molar-refractivity contribution >= 4 is 15.9 Å². The van der Waals surface area contributed by atoms with Gasteiger partial charge in [0, 0.05) is 29.7 Å². The van der Waals surface area contributed by atoms with E-state index in [0.29, 0.717) is 0 Å². The van der Waals surface area contributed by atoms with Gasteiger partial charge in [0.25, 0.3) is 0 Å². The molecule has 0 spiro atoms. The van der Waals surface area contributed by atoms with Crippen LogP contribution in [-0.4, -0.2) is 16.1 Å². The maximum Gasteiger partial charge on any atom is 0.0955 e. The lowest BCUT2D eigenvalue weighted by molar-refractivity contribution is 0.324. The van der Waals surface area contributed by atoms with Gasteiger partial charge in [0.05, 0.1) is 17.6 Å². The summed E-state index contributed by atoms with van der Waals surface area (Å²) in [4.78, 5) is 4.69. The summed E-state index contributed by atoms with van der Waals surface area (Å²) in [7, 11) is 0. The average Bonchev–Trinajstić information content (AvgIpc) is 2.86. The lowest BCUT2D eigenvalue weighted by atomic mass is 9.89. The zero-order chi connectivity index (χ0) is 14.2. The van der Waals surface area contributed by atoms with Gasteiger partial charge in [-0.2, -0.15) is 0 Å². The van der Waals surface area contributed by atoms with Crippen LogP contribution in [-0.2, 0) is 18.5 Å². The standard InChI is InChI=1S/C16H20BrN3/c1-3-16(2)15-14(8-9-19-16)20(11-18-15)10-12-4-6-13(17)7-5-12/h4-7,11,19H,3,8-10H2,1-2H3. The Balaban J connectivity index is 1.91. The molecule has 0 saturated heterocycles. The Morgan fingerprint density at radius 3 is 2.80 bits per heavy atom. The zero-order valence-electron chi connectivity index (χ0n) is 12.0. The summed E-state index contributed by atoms with van der Waals surface area (Å²) in [6.45, 7) is 6.40. The van der Waals surface area contributed by atoms with Crippen LogP contribution in [0.3, 0.4) is 0 Å². The van der Waals surface area contributed by atoms with Crippen LogP contribution in [0.25, 0.3) is 0 Å². The van der Waals surface area contributed by atoms with Crippen LogP contribution in [0.1, 0.15) is 37.2 Å². The van der Waals surface area contributed by atoms with Crippen molar-refractivity contribution in [2.45, 2.75) is 38.8 Å². The van der Waals surface area contributed by atoms with E-state index in [2.05, 4.69) is 68.9 Å². The minimum absolute atomic E-state index is 0.0263. The van der Waals surface area contributed by atoms with E-state index in [-0.39, 0.29) is 5.54 Å². The summed E-state index contributed by atoms with van der Waals surface area (Å²) in [6, 6.07) is 8.51. The van der Waals surface area contributed by atoms with E-state index in [4.69, 9.17) is 0 Å². The molecule has 1 aliphatic heterocycles. The lowest BCUT2D eigenvalue weighted by Crippen LogP contribution is -2.45. The first-order chi connectivity index (χ1) is 9.62. The molecule has 1 aromatic heterocycles. The third-order valence-electron chi connectivity index (χ3n) is 4.32. The van der Waals surface area contributed by atoms with Gasteiger partial charge < -0.3 is 9.88 Å². The molecule has 1 N–H and O–H groups in total. The van der Waals surface area contributed by atoms with Gasteiger partial charge in [-0.3, -0.25) is 0 Å². The number of nitrogens with one attached hydrogen (secondary N) is 1. The molecule has 0 bridgehead atoms. The molecule has 0 aliphatic carbocycles. The van der Waals surface area contributed by atoms with E-state index < -0.39 is 0 Å². The number of imidazole rings is 1. The van der Waals surface area contributed by atoms with E-state index in [1.807, 2.05) is 6.33 Å². The number of nitrogens with zero attached hydrogens (tertiary/aromatic N) is 2. The Kier molecular flexibility index (Phi) is 3.69. The van der Waals surface area contributed by atoms with E-state index >= 15 is 0 Å². The SMILES string of the molecule is CCC1(C)NCCc2c1ncn2Cc1ccc(Br)cc1. The first-order valence-electron chi connectivity index (χ1n) is 7.16. The third-order valence-corrected chi connectivity index (χ3v) is 4.85. The first-order valence-corrected chi connectivity index (χ1v) is 7.95. The Hall–Kier alpha value is -1.13. The summed E-state index contributed by atoms with van der Waals surface area (Å²) < 4.78 is 3.42. The van der Waals surface area contributed by atoms with Crippen molar-refractivity contribution in [3.05, 3.63) is 52.0 Å². The number of halogens is 1. The number of fused-ring (bicyclic) bond motifs is 1.